The van der Waals surface area contributed by atoms with Gasteiger partial charge in [0.2, 0.25) is 0 Å². The van der Waals surface area contributed by atoms with Gasteiger partial charge in [0.25, 0.3) is 0 Å². The van der Waals surface area contributed by atoms with Gasteiger partial charge in [0.15, 0.2) is 0 Å². The monoisotopic (exact) mass is 323 g/mol. The lowest BCUT2D eigenvalue weighted by molar-refractivity contribution is -0.135. The van der Waals surface area contributed by atoms with E-state index in [1.165, 1.54) is 0 Å². The van der Waals surface area contributed by atoms with E-state index >= 15 is 0 Å². The third-order valence-corrected chi connectivity index (χ3v) is 4.71. The van der Waals surface area contributed by atoms with Crippen LogP contribution in [0.4, 0.5) is 4.79 Å². The van der Waals surface area contributed by atoms with Crippen LogP contribution in [-0.4, -0.2) is 40.7 Å². The number of nitrogens with zero attached hydrogens (tertiary/aromatic N) is 1. The molecule has 1 saturated heterocycles. The van der Waals surface area contributed by atoms with Crippen LogP contribution in [-0.2, 0) is 14.3 Å². The molecule has 23 heavy (non-hydrogen) atoms. The number of piperidine rings is 1. The highest BCUT2D eigenvalue weighted by atomic mass is 16.6. The number of rotatable bonds is 1. The predicted molar refractivity (Wildman–Crippen MR) is 87.1 cm³/mol. The molecule has 1 aliphatic carbocycles. The molecule has 0 aromatic rings. The Morgan fingerprint density at radius 3 is 2.22 bits per heavy atom. The van der Waals surface area contributed by atoms with Crippen molar-refractivity contribution in [1.29, 1.82) is 0 Å². The van der Waals surface area contributed by atoms with E-state index in [1.807, 2.05) is 20.8 Å². The number of likely N-dealkylation sites (tertiary alicyclic amines) is 1. The van der Waals surface area contributed by atoms with Gasteiger partial charge in [-0.15, -0.1) is 0 Å². The molecule has 1 aliphatic heterocycles. The summed E-state index contributed by atoms with van der Waals surface area (Å²) in [5, 5.41) is 0. The van der Waals surface area contributed by atoms with Crippen molar-refractivity contribution in [1.82, 2.24) is 4.90 Å². The molecule has 0 aromatic heterocycles. The van der Waals surface area contributed by atoms with Gasteiger partial charge in [0, 0.05) is 19.4 Å². The highest BCUT2D eigenvalue weighted by molar-refractivity contribution is 6.04. The summed E-state index contributed by atoms with van der Waals surface area (Å²) in [6.45, 7) is 8.15. The third kappa shape index (κ3) is 4.55. The fourth-order valence-corrected chi connectivity index (χ4v) is 3.56. The number of carbonyl (C=O) groups is 3. The second kappa shape index (κ2) is 7.02. The zero-order valence-electron chi connectivity index (χ0n) is 14.8. The molecule has 2 fully saturated rings. The first-order valence-electron chi connectivity index (χ1n) is 8.74. The average molecular weight is 323 g/mol. The molecule has 1 amide bonds. The lowest BCUT2D eigenvalue weighted by Crippen LogP contribution is -2.54. The molecule has 0 bridgehead atoms. The Morgan fingerprint density at radius 2 is 1.70 bits per heavy atom. The van der Waals surface area contributed by atoms with Crippen LogP contribution in [0.5, 0.6) is 0 Å². The molecular formula is C18H29NO4. The first-order valence-corrected chi connectivity index (χ1v) is 8.74. The minimum atomic E-state index is -0.659. The van der Waals surface area contributed by atoms with Crippen molar-refractivity contribution in [2.24, 2.45) is 11.8 Å². The lowest BCUT2D eigenvalue weighted by Gasteiger charge is -2.41. The van der Waals surface area contributed by atoms with E-state index in [0.29, 0.717) is 31.7 Å². The Morgan fingerprint density at radius 1 is 1.13 bits per heavy atom. The van der Waals surface area contributed by atoms with Crippen LogP contribution in [0.2, 0.25) is 0 Å². The predicted octanol–water partition coefficient (Wildman–Crippen LogP) is 3.35. The average Bonchev–Trinajstić information content (AvgIpc) is 2.57. The van der Waals surface area contributed by atoms with Crippen LogP contribution in [0.3, 0.4) is 0 Å². The maximum absolute atomic E-state index is 12.6. The molecule has 0 N–H and O–H groups in total. The van der Waals surface area contributed by atoms with Crippen LogP contribution in [0, 0.1) is 11.8 Å². The highest BCUT2D eigenvalue weighted by Crippen LogP contribution is 2.32. The number of ketones is 2. The summed E-state index contributed by atoms with van der Waals surface area (Å²) in [6, 6.07) is -0.341. The van der Waals surface area contributed by atoms with Gasteiger partial charge in [0.1, 0.15) is 17.2 Å². The molecule has 0 aromatic carbocycles. The number of hydrogen-bond donors (Lipinski definition) is 0. The Labute approximate surface area is 138 Å². The summed E-state index contributed by atoms with van der Waals surface area (Å²) in [7, 11) is 0. The van der Waals surface area contributed by atoms with Crippen molar-refractivity contribution in [2.45, 2.75) is 77.9 Å². The van der Waals surface area contributed by atoms with Gasteiger partial charge < -0.3 is 9.64 Å². The molecule has 1 heterocycles. The van der Waals surface area contributed by atoms with Crippen LogP contribution < -0.4 is 0 Å². The molecular weight excluding hydrogens is 294 g/mol. The van der Waals surface area contributed by atoms with E-state index in [9.17, 15) is 14.4 Å². The Hall–Kier alpha value is -1.39. The second-order valence-electron chi connectivity index (χ2n) is 7.99. The number of hydrogen-bond acceptors (Lipinski definition) is 4. The molecule has 130 valence electrons. The molecule has 1 saturated carbocycles. The molecule has 2 aliphatic rings. The summed E-state index contributed by atoms with van der Waals surface area (Å²) < 4.78 is 5.50. The van der Waals surface area contributed by atoms with Gasteiger partial charge in [0.05, 0.1) is 12.0 Å². The zero-order valence-corrected chi connectivity index (χ0v) is 14.8. The Kier molecular flexibility index (Phi) is 5.48. The summed E-state index contributed by atoms with van der Waals surface area (Å²) in [6.07, 6.45) is 3.62. The summed E-state index contributed by atoms with van der Waals surface area (Å²) in [5.74, 6) is -0.254. The van der Waals surface area contributed by atoms with Crippen molar-refractivity contribution in [3.8, 4) is 0 Å². The minimum absolute atomic E-state index is 0.000147. The maximum Gasteiger partial charge on any atom is 0.410 e. The molecule has 5 nitrogen and oxygen atoms in total. The molecule has 2 rings (SSSR count). The van der Waals surface area contributed by atoms with Crippen LogP contribution in [0.15, 0.2) is 0 Å². The maximum atomic E-state index is 12.6. The number of carbonyl (C=O) groups excluding carboxylic acids is 3. The van der Waals surface area contributed by atoms with Crippen molar-refractivity contribution >= 4 is 17.7 Å². The fraction of sp³-hybridized carbons (Fsp3) is 0.833. The molecule has 5 heteroatoms. The summed E-state index contributed by atoms with van der Waals surface area (Å²) in [5.41, 5.74) is -0.581. The molecule has 2 atom stereocenters. The third-order valence-electron chi connectivity index (χ3n) is 4.71. The molecule has 0 spiro atoms. The van der Waals surface area contributed by atoms with Gasteiger partial charge >= 0.3 is 6.09 Å². The van der Waals surface area contributed by atoms with E-state index in [2.05, 4.69) is 6.92 Å². The van der Waals surface area contributed by atoms with Crippen molar-refractivity contribution in [3.63, 3.8) is 0 Å². The fourth-order valence-electron chi connectivity index (χ4n) is 3.56. The van der Waals surface area contributed by atoms with E-state index in [1.54, 1.807) is 4.90 Å². The minimum Gasteiger partial charge on any atom is -0.444 e. The van der Waals surface area contributed by atoms with Crippen LogP contribution in [0.25, 0.3) is 0 Å². The van der Waals surface area contributed by atoms with Gasteiger partial charge in [-0.3, -0.25) is 9.59 Å². The lowest BCUT2D eigenvalue weighted by atomic mass is 9.80. The largest absolute Gasteiger partial charge is 0.444 e. The van der Waals surface area contributed by atoms with Crippen molar-refractivity contribution in [2.75, 3.05) is 6.54 Å². The first-order chi connectivity index (χ1) is 10.7. The number of Topliss-reactive ketones (excluding diaryl/α,β-unsaturated/α-hetero) is 2. The molecule has 0 radical (unpaired) electrons. The number of amides is 1. The summed E-state index contributed by atoms with van der Waals surface area (Å²) in [4.78, 5) is 39.2. The SMILES string of the molecule is CC1CCN(C(=O)OC(C)(C)C)C(C2C(=O)CCCCC2=O)C1. The highest BCUT2D eigenvalue weighted by Gasteiger charge is 2.43. The smallest absolute Gasteiger partial charge is 0.410 e. The standard InChI is InChI=1S/C18H29NO4/c1-12-9-10-19(17(22)23-18(2,3)4)13(11-12)16-14(20)7-5-6-8-15(16)21/h12-13,16H,5-11H2,1-4H3. The van der Waals surface area contributed by atoms with E-state index in [4.69, 9.17) is 4.74 Å². The number of ether oxygens (including phenoxy) is 1. The second-order valence-corrected chi connectivity index (χ2v) is 7.99. The Balaban J connectivity index is 2.24. The van der Waals surface area contributed by atoms with Crippen LogP contribution in [0.1, 0.15) is 66.2 Å². The molecule has 2 unspecified atom stereocenters. The topological polar surface area (TPSA) is 63.7 Å². The van der Waals surface area contributed by atoms with E-state index < -0.39 is 17.6 Å². The van der Waals surface area contributed by atoms with E-state index in [0.717, 1.165) is 19.3 Å². The first kappa shape index (κ1) is 18.0. The van der Waals surface area contributed by atoms with E-state index in [-0.39, 0.29) is 17.6 Å². The van der Waals surface area contributed by atoms with Crippen LogP contribution >= 0.6 is 0 Å². The van der Waals surface area contributed by atoms with Gasteiger partial charge in [-0.25, -0.2) is 4.79 Å². The summed E-state index contributed by atoms with van der Waals surface area (Å²) >= 11 is 0. The Bertz CT molecular complexity index is 462. The van der Waals surface area contributed by atoms with Gasteiger partial charge in [-0.1, -0.05) is 6.92 Å². The zero-order chi connectivity index (χ0) is 17.2. The van der Waals surface area contributed by atoms with Crippen molar-refractivity contribution in [3.05, 3.63) is 0 Å². The van der Waals surface area contributed by atoms with Crippen molar-refractivity contribution < 1.29 is 19.1 Å². The van der Waals surface area contributed by atoms with Gasteiger partial charge in [-0.05, 0) is 52.4 Å². The van der Waals surface area contributed by atoms with Gasteiger partial charge in [-0.2, -0.15) is 0 Å². The quantitative estimate of drug-likeness (QED) is 0.548. The normalized spacial score (nSPS) is 27.7.